The minimum atomic E-state index is 0.837. The number of hydrogen-bond donors (Lipinski definition) is 2. The molecule has 0 unspecified atom stereocenters. The molecule has 4 nitrogen and oxygen atoms in total. The summed E-state index contributed by atoms with van der Waals surface area (Å²) in [6.45, 7) is 4.69. The van der Waals surface area contributed by atoms with Crippen LogP contribution in [0.5, 0.6) is 0 Å². The molecule has 0 aromatic carbocycles. The minimum Gasteiger partial charge on any atom is -0.469 e. The van der Waals surface area contributed by atoms with Gasteiger partial charge in [0.1, 0.15) is 5.76 Å². The average Bonchev–Trinajstić information content (AvgIpc) is 2.91. The van der Waals surface area contributed by atoms with Crippen molar-refractivity contribution in [3.63, 3.8) is 0 Å². The molecule has 1 heterocycles. The average molecular weight is 283 g/mol. The monoisotopic (exact) mass is 283 g/mol. The Balaban J connectivity index is 2.20. The van der Waals surface area contributed by atoms with E-state index >= 15 is 0 Å². The van der Waals surface area contributed by atoms with Crippen molar-refractivity contribution in [3.05, 3.63) is 24.2 Å². The standard InChI is InChI=1S/C14H25N3OS/c1-3-15-14(16-9-4-5-12-19-2)17-10-8-13-7-6-11-18-13/h6-7,11H,3-5,8-10,12H2,1-2H3,(H2,15,16,17). The number of unbranched alkanes of at least 4 members (excludes halogenated alkanes) is 1. The zero-order valence-electron chi connectivity index (χ0n) is 11.9. The number of hydrogen-bond acceptors (Lipinski definition) is 3. The number of rotatable bonds is 9. The topological polar surface area (TPSA) is 49.6 Å². The second kappa shape index (κ2) is 10.8. The van der Waals surface area contributed by atoms with Crippen LogP contribution in [-0.4, -0.2) is 37.6 Å². The molecule has 19 heavy (non-hydrogen) atoms. The minimum absolute atomic E-state index is 0.837. The Labute approximate surface area is 120 Å². The van der Waals surface area contributed by atoms with Gasteiger partial charge < -0.3 is 15.1 Å². The quantitative estimate of drug-likeness (QED) is 0.415. The summed E-state index contributed by atoms with van der Waals surface area (Å²) < 4.78 is 5.30. The van der Waals surface area contributed by atoms with E-state index in [1.54, 1.807) is 6.26 Å². The smallest absolute Gasteiger partial charge is 0.191 e. The summed E-state index contributed by atoms with van der Waals surface area (Å²) in [7, 11) is 0. The molecule has 1 rings (SSSR count). The summed E-state index contributed by atoms with van der Waals surface area (Å²) in [5, 5.41) is 6.58. The summed E-state index contributed by atoms with van der Waals surface area (Å²) in [4.78, 5) is 4.56. The van der Waals surface area contributed by atoms with Gasteiger partial charge in [0.25, 0.3) is 0 Å². The number of thioether (sulfide) groups is 1. The maximum absolute atomic E-state index is 5.30. The molecule has 0 bridgehead atoms. The summed E-state index contributed by atoms with van der Waals surface area (Å²) in [6, 6.07) is 3.91. The van der Waals surface area contributed by atoms with Gasteiger partial charge in [-0.3, -0.25) is 4.99 Å². The second-order valence-electron chi connectivity index (χ2n) is 4.22. The van der Waals surface area contributed by atoms with Gasteiger partial charge in [-0.05, 0) is 43.9 Å². The van der Waals surface area contributed by atoms with E-state index in [1.807, 2.05) is 23.9 Å². The molecular formula is C14H25N3OS. The van der Waals surface area contributed by atoms with E-state index in [9.17, 15) is 0 Å². The highest BCUT2D eigenvalue weighted by atomic mass is 32.2. The SMILES string of the molecule is CCNC(=NCCCCSC)NCCc1ccco1. The van der Waals surface area contributed by atoms with Crippen molar-refractivity contribution in [2.24, 2.45) is 4.99 Å². The van der Waals surface area contributed by atoms with Gasteiger partial charge in [-0.1, -0.05) is 0 Å². The predicted octanol–water partition coefficient (Wildman–Crippen LogP) is 2.52. The van der Waals surface area contributed by atoms with E-state index in [0.29, 0.717) is 0 Å². The molecule has 0 aliphatic heterocycles. The first-order chi connectivity index (χ1) is 9.36. The lowest BCUT2D eigenvalue weighted by molar-refractivity contribution is 0.507. The Bertz CT molecular complexity index is 338. The van der Waals surface area contributed by atoms with Crippen molar-refractivity contribution >= 4 is 17.7 Å². The van der Waals surface area contributed by atoms with Crippen molar-refractivity contribution in [1.29, 1.82) is 0 Å². The Morgan fingerprint density at radius 1 is 1.37 bits per heavy atom. The van der Waals surface area contributed by atoms with Crippen LogP contribution in [0.3, 0.4) is 0 Å². The summed E-state index contributed by atoms with van der Waals surface area (Å²) >= 11 is 1.89. The van der Waals surface area contributed by atoms with E-state index in [0.717, 1.165) is 44.2 Å². The Hall–Kier alpha value is -1.10. The van der Waals surface area contributed by atoms with Gasteiger partial charge in [-0.2, -0.15) is 11.8 Å². The van der Waals surface area contributed by atoms with E-state index in [2.05, 4.69) is 28.8 Å². The molecule has 0 spiro atoms. The molecule has 1 aromatic heterocycles. The zero-order valence-corrected chi connectivity index (χ0v) is 12.8. The summed E-state index contributed by atoms with van der Waals surface area (Å²) in [5.74, 6) is 3.12. The third-order valence-corrected chi connectivity index (χ3v) is 3.31. The number of nitrogens with one attached hydrogen (secondary N) is 2. The number of guanidine groups is 1. The first kappa shape index (κ1) is 16.0. The molecule has 5 heteroatoms. The summed E-state index contributed by atoms with van der Waals surface area (Å²) in [5.41, 5.74) is 0. The van der Waals surface area contributed by atoms with Crippen molar-refractivity contribution in [2.75, 3.05) is 31.6 Å². The molecule has 2 N–H and O–H groups in total. The van der Waals surface area contributed by atoms with E-state index < -0.39 is 0 Å². The lowest BCUT2D eigenvalue weighted by Gasteiger charge is -2.10. The van der Waals surface area contributed by atoms with Crippen LogP contribution in [0.15, 0.2) is 27.8 Å². The molecule has 0 saturated heterocycles. The van der Waals surface area contributed by atoms with Crippen LogP contribution >= 0.6 is 11.8 Å². The third-order valence-electron chi connectivity index (χ3n) is 2.61. The fraction of sp³-hybridized carbons (Fsp3) is 0.643. The van der Waals surface area contributed by atoms with Crippen LogP contribution in [0, 0.1) is 0 Å². The molecular weight excluding hydrogens is 258 g/mol. The number of nitrogens with zero attached hydrogens (tertiary/aromatic N) is 1. The fourth-order valence-corrected chi connectivity index (χ4v) is 2.14. The van der Waals surface area contributed by atoms with Crippen molar-refractivity contribution in [1.82, 2.24) is 10.6 Å². The molecule has 0 amide bonds. The summed E-state index contributed by atoms with van der Waals surface area (Å²) in [6.07, 6.45) is 7.11. The highest BCUT2D eigenvalue weighted by molar-refractivity contribution is 7.98. The molecule has 0 aliphatic carbocycles. The van der Waals surface area contributed by atoms with Crippen LogP contribution in [0.2, 0.25) is 0 Å². The van der Waals surface area contributed by atoms with Crippen molar-refractivity contribution < 1.29 is 4.42 Å². The Kier molecular flexibility index (Phi) is 9.06. The van der Waals surface area contributed by atoms with Crippen molar-refractivity contribution in [3.8, 4) is 0 Å². The van der Waals surface area contributed by atoms with Gasteiger partial charge in [0.2, 0.25) is 0 Å². The van der Waals surface area contributed by atoms with Crippen LogP contribution in [-0.2, 0) is 6.42 Å². The van der Waals surface area contributed by atoms with E-state index in [4.69, 9.17) is 4.42 Å². The fourth-order valence-electron chi connectivity index (χ4n) is 1.65. The van der Waals surface area contributed by atoms with E-state index in [-0.39, 0.29) is 0 Å². The molecule has 108 valence electrons. The number of furan rings is 1. The lowest BCUT2D eigenvalue weighted by Crippen LogP contribution is -2.38. The first-order valence-corrected chi connectivity index (χ1v) is 8.29. The van der Waals surface area contributed by atoms with Gasteiger partial charge in [0.15, 0.2) is 5.96 Å². The molecule has 1 aromatic rings. The third kappa shape index (κ3) is 7.82. The molecule has 0 saturated carbocycles. The maximum Gasteiger partial charge on any atom is 0.191 e. The Morgan fingerprint density at radius 3 is 2.95 bits per heavy atom. The zero-order chi connectivity index (χ0) is 13.8. The van der Waals surface area contributed by atoms with Crippen molar-refractivity contribution in [2.45, 2.75) is 26.2 Å². The van der Waals surface area contributed by atoms with Gasteiger partial charge in [0.05, 0.1) is 6.26 Å². The Morgan fingerprint density at radius 2 is 2.26 bits per heavy atom. The molecule has 0 atom stereocenters. The molecule has 0 fully saturated rings. The van der Waals surface area contributed by atoms with Gasteiger partial charge >= 0.3 is 0 Å². The van der Waals surface area contributed by atoms with Crippen LogP contribution in [0.4, 0.5) is 0 Å². The van der Waals surface area contributed by atoms with Crippen LogP contribution in [0.1, 0.15) is 25.5 Å². The molecule has 0 aliphatic rings. The first-order valence-electron chi connectivity index (χ1n) is 6.90. The normalized spacial score (nSPS) is 11.6. The number of aliphatic imine (C=N–C) groups is 1. The largest absolute Gasteiger partial charge is 0.469 e. The van der Waals surface area contributed by atoms with Gasteiger partial charge in [0, 0.05) is 26.1 Å². The highest BCUT2D eigenvalue weighted by Crippen LogP contribution is 2.00. The maximum atomic E-state index is 5.30. The van der Waals surface area contributed by atoms with Gasteiger partial charge in [-0.25, -0.2) is 0 Å². The van der Waals surface area contributed by atoms with Gasteiger partial charge in [-0.15, -0.1) is 0 Å². The second-order valence-corrected chi connectivity index (χ2v) is 5.20. The predicted molar refractivity (Wildman–Crippen MR) is 84.0 cm³/mol. The molecule has 0 radical (unpaired) electrons. The van der Waals surface area contributed by atoms with Crippen LogP contribution < -0.4 is 10.6 Å². The lowest BCUT2D eigenvalue weighted by atomic mass is 10.3. The highest BCUT2D eigenvalue weighted by Gasteiger charge is 1.98. The van der Waals surface area contributed by atoms with E-state index in [1.165, 1.54) is 12.2 Å². The van der Waals surface area contributed by atoms with Crippen LogP contribution in [0.25, 0.3) is 0 Å².